The fraction of sp³-hybridized carbons (Fsp3) is 0.222. The molecule has 3 nitrogen and oxygen atoms in total. The number of benzene rings is 6. The van der Waals surface area contributed by atoms with E-state index in [0.29, 0.717) is 0 Å². The average Bonchev–Trinajstić information content (AvgIpc) is 3.71. The molecule has 0 unspecified atom stereocenters. The first-order chi connectivity index (χ1) is 28.6. The van der Waals surface area contributed by atoms with Gasteiger partial charge in [-0.1, -0.05) is 149 Å². The highest BCUT2D eigenvalue weighted by atomic mass is 32.2. The van der Waals surface area contributed by atoms with Gasteiger partial charge in [-0.05, 0) is 101 Å². The van der Waals surface area contributed by atoms with Crippen LogP contribution in [0.5, 0.6) is 0 Å². The number of rotatable bonds is 11. The lowest BCUT2D eigenvalue weighted by atomic mass is 10.0. The Morgan fingerprint density at radius 1 is 0.414 bits per heavy atom. The summed E-state index contributed by atoms with van der Waals surface area (Å²) in [6, 6.07) is 40.6. The molecule has 284 valence electrons. The summed E-state index contributed by atoms with van der Waals surface area (Å²) in [5.41, 5.74) is 13.0. The van der Waals surface area contributed by atoms with Crippen LogP contribution in [0.4, 0.5) is 11.4 Å². The number of hydrogen-bond donors (Lipinski definition) is 0. The molecule has 0 N–H and O–H groups in total. The second-order valence-corrected chi connectivity index (χ2v) is 16.7. The topological polar surface area (TPSA) is 37.4 Å². The predicted octanol–water partition coefficient (Wildman–Crippen LogP) is 13.4. The summed E-state index contributed by atoms with van der Waals surface area (Å²) >= 11 is 1.78. The van der Waals surface area contributed by atoms with Gasteiger partial charge in [0.05, 0.1) is 11.4 Å². The number of nitrogens with zero attached hydrogens (tertiary/aromatic N) is 1. The first-order valence-electron chi connectivity index (χ1n) is 20.9. The maximum atomic E-state index is 12.9. The smallest absolute Gasteiger partial charge is 0.194 e. The molecule has 0 saturated carbocycles. The van der Waals surface area contributed by atoms with Gasteiger partial charge in [0.15, 0.2) is 11.6 Å². The monoisotopic (exact) mass is 771 g/mol. The van der Waals surface area contributed by atoms with Crippen molar-refractivity contribution in [2.45, 2.75) is 80.9 Å². The number of carbonyl (C=O) groups is 2. The van der Waals surface area contributed by atoms with E-state index in [1.54, 1.807) is 11.8 Å². The Bertz CT molecular complexity index is 2540. The van der Waals surface area contributed by atoms with E-state index < -0.39 is 0 Å². The SMILES string of the molecule is CCCCCCCCCCCCN1c2ccc(C#Cc3ccc4c(c3)-c3ccccc3C4=O)cc2Sc2cc(C#Cc3ccc4c(c3)-c3ccccc3C4=O)ccc21. The van der Waals surface area contributed by atoms with E-state index in [-0.39, 0.29) is 11.6 Å². The summed E-state index contributed by atoms with van der Waals surface area (Å²) in [6.45, 7) is 3.23. The van der Waals surface area contributed by atoms with Crippen molar-refractivity contribution in [1.29, 1.82) is 0 Å². The number of ketones is 2. The number of anilines is 2. The van der Waals surface area contributed by atoms with E-state index in [9.17, 15) is 9.59 Å². The molecule has 6 aromatic rings. The summed E-state index contributed by atoms with van der Waals surface area (Å²) in [6.07, 6.45) is 13.1. The van der Waals surface area contributed by atoms with Crippen molar-refractivity contribution >= 4 is 34.7 Å². The molecule has 0 fully saturated rings. The van der Waals surface area contributed by atoms with Crippen molar-refractivity contribution in [3.05, 3.63) is 166 Å². The van der Waals surface area contributed by atoms with E-state index in [1.165, 1.54) is 79.0 Å². The summed E-state index contributed by atoms with van der Waals surface area (Å²) < 4.78 is 0. The summed E-state index contributed by atoms with van der Waals surface area (Å²) in [4.78, 5) is 30.7. The van der Waals surface area contributed by atoms with Crippen LogP contribution in [0.25, 0.3) is 22.3 Å². The van der Waals surface area contributed by atoms with E-state index in [0.717, 1.165) is 79.7 Å². The highest BCUT2D eigenvalue weighted by Gasteiger charge is 2.28. The Morgan fingerprint density at radius 2 is 0.793 bits per heavy atom. The van der Waals surface area contributed by atoms with Crippen molar-refractivity contribution in [1.82, 2.24) is 0 Å². The Balaban J connectivity index is 0.958. The molecule has 2 aliphatic carbocycles. The number of carbonyl (C=O) groups excluding carboxylic acids is 2. The molecule has 0 saturated heterocycles. The maximum absolute atomic E-state index is 12.9. The highest BCUT2D eigenvalue weighted by molar-refractivity contribution is 7.99. The van der Waals surface area contributed by atoms with Gasteiger partial charge in [-0.25, -0.2) is 0 Å². The van der Waals surface area contributed by atoms with E-state index in [4.69, 9.17) is 0 Å². The fourth-order valence-electron chi connectivity index (χ4n) is 8.54. The lowest BCUT2D eigenvalue weighted by Gasteiger charge is -2.33. The van der Waals surface area contributed by atoms with Crippen molar-refractivity contribution in [2.75, 3.05) is 11.4 Å². The second-order valence-electron chi connectivity index (χ2n) is 15.6. The third kappa shape index (κ3) is 7.54. The molecule has 1 heterocycles. The molecular formula is C54H45NO2S. The summed E-state index contributed by atoms with van der Waals surface area (Å²) in [5, 5.41) is 0. The van der Waals surface area contributed by atoms with Crippen LogP contribution in [-0.4, -0.2) is 18.1 Å². The maximum Gasteiger partial charge on any atom is 0.194 e. The number of fused-ring (bicyclic) bond motifs is 8. The zero-order chi connectivity index (χ0) is 39.4. The van der Waals surface area contributed by atoms with Gasteiger partial charge in [-0.3, -0.25) is 9.59 Å². The molecule has 6 aromatic carbocycles. The molecule has 0 aromatic heterocycles. The Kier molecular flexibility index (Phi) is 10.9. The molecular weight excluding hydrogens is 727 g/mol. The van der Waals surface area contributed by atoms with Crippen LogP contribution in [0, 0.1) is 23.7 Å². The quantitative estimate of drug-likeness (QED) is 0.0969. The molecule has 3 aliphatic rings. The number of hydrogen-bond acceptors (Lipinski definition) is 4. The molecule has 0 bridgehead atoms. The van der Waals surface area contributed by atoms with Crippen LogP contribution in [0.1, 0.15) is 125 Å². The van der Waals surface area contributed by atoms with Crippen molar-refractivity contribution in [3.63, 3.8) is 0 Å². The summed E-state index contributed by atoms with van der Waals surface area (Å²) in [5.74, 6) is 13.8. The Morgan fingerprint density at radius 3 is 1.26 bits per heavy atom. The van der Waals surface area contributed by atoms with Crippen LogP contribution < -0.4 is 4.90 Å². The van der Waals surface area contributed by atoms with Gasteiger partial charge in [-0.2, -0.15) is 0 Å². The lowest BCUT2D eigenvalue weighted by Crippen LogP contribution is -2.22. The van der Waals surface area contributed by atoms with Gasteiger partial charge < -0.3 is 4.90 Å². The van der Waals surface area contributed by atoms with E-state index in [1.807, 2.05) is 84.9 Å². The first-order valence-corrected chi connectivity index (χ1v) is 21.7. The summed E-state index contributed by atoms with van der Waals surface area (Å²) in [7, 11) is 0. The molecule has 0 atom stereocenters. The van der Waals surface area contributed by atoms with Crippen molar-refractivity contribution < 1.29 is 9.59 Å². The number of unbranched alkanes of at least 4 members (excludes halogenated alkanes) is 9. The molecule has 0 amide bonds. The third-order valence-corrected chi connectivity index (χ3v) is 12.7. The minimum absolute atomic E-state index is 0.0840. The van der Waals surface area contributed by atoms with Gasteiger partial charge in [0, 0.05) is 60.8 Å². The van der Waals surface area contributed by atoms with Crippen molar-refractivity contribution in [2.24, 2.45) is 0 Å². The Labute approximate surface area is 346 Å². The minimum Gasteiger partial charge on any atom is -0.340 e. The van der Waals surface area contributed by atoms with Gasteiger partial charge >= 0.3 is 0 Å². The van der Waals surface area contributed by atoms with Crippen molar-refractivity contribution in [3.8, 4) is 45.9 Å². The van der Waals surface area contributed by atoms with Gasteiger partial charge in [0.25, 0.3) is 0 Å². The van der Waals surface area contributed by atoms with Gasteiger partial charge in [0.1, 0.15) is 0 Å². The molecule has 58 heavy (non-hydrogen) atoms. The predicted molar refractivity (Wildman–Crippen MR) is 238 cm³/mol. The van der Waals surface area contributed by atoms with Gasteiger partial charge in [-0.15, -0.1) is 0 Å². The molecule has 9 rings (SSSR count). The second kappa shape index (κ2) is 16.8. The molecule has 0 spiro atoms. The minimum atomic E-state index is 0.0840. The van der Waals surface area contributed by atoms with E-state index in [2.05, 4.69) is 71.9 Å². The van der Waals surface area contributed by atoms with Crippen LogP contribution in [-0.2, 0) is 0 Å². The molecule has 0 radical (unpaired) electrons. The highest BCUT2D eigenvalue weighted by Crippen LogP contribution is 2.49. The first kappa shape index (κ1) is 37.5. The van der Waals surface area contributed by atoms with Crippen LogP contribution in [0.2, 0.25) is 0 Å². The average molecular weight is 772 g/mol. The molecule has 1 aliphatic heterocycles. The normalized spacial score (nSPS) is 12.7. The van der Waals surface area contributed by atoms with Gasteiger partial charge in [0.2, 0.25) is 0 Å². The van der Waals surface area contributed by atoms with Crippen LogP contribution >= 0.6 is 11.8 Å². The van der Waals surface area contributed by atoms with Crippen LogP contribution in [0.15, 0.2) is 131 Å². The third-order valence-electron chi connectivity index (χ3n) is 11.6. The Hall–Kier alpha value is -6.07. The lowest BCUT2D eigenvalue weighted by molar-refractivity contribution is 0.103. The molecule has 4 heteroatoms. The van der Waals surface area contributed by atoms with Crippen LogP contribution in [0.3, 0.4) is 0 Å². The zero-order valence-electron chi connectivity index (χ0n) is 33.0. The fourth-order valence-corrected chi connectivity index (χ4v) is 9.71. The van der Waals surface area contributed by atoms with E-state index >= 15 is 0 Å². The zero-order valence-corrected chi connectivity index (χ0v) is 33.8. The standard InChI is InChI=1S/C54H45NO2S/c1-2-3-4-5-6-7-8-9-10-15-32-55-49-30-26-39(22-20-37-24-28-45-47(33-37)41-16-11-13-18-43(41)53(45)56)35-51(49)58-52-36-40(27-31-50(52)55)23-21-38-25-29-46-48(34-38)42-17-12-14-19-44(42)54(46)57/h11-14,16-19,24-31,33-36H,2-10,15,32H2,1H3. The largest absolute Gasteiger partial charge is 0.340 e.